The summed E-state index contributed by atoms with van der Waals surface area (Å²) < 4.78 is 5.44. The van der Waals surface area contributed by atoms with Crippen LogP contribution in [-0.2, 0) is 4.79 Å². The van der Waals surface area contributed by atoms with Gasteiger partial charge in [-0.15, -0.1) is 24.8 Å². The Hall–Kier alpha value is -1.04. The maximum atomic E-state index is 11.6. The third-order valence-electron chi connectivity index (χ3n) is 2.22. The van der Waals surface area contributed by atoms with E-state index in [1.807, 2.05) is 7.05 Å². The lowest BCUT2D eigenvalue weighted by atomic mass is 10.3. The second-order valence-corrected chi connectivity index (χ2v) is 3.70. The van der Waals surface area contributed by atoms with Crippen molar-refractivity contribution in [1.82, 2.24) is 15.6 Å². The molecule has 1 rings (SSSR count). The fourth-order valence-corrected chi connectivity index (χ4v) is 1.29. The maximum absolute atomic E-state index is 11.6. The van der Waals surface area contributed by atoms with Gasteiger partial charge in [-0.05, 0) is 39.1 Å². The average Bonchev–Trinajstić information content (AvgIpc) is 2.35. The predicted octanol–water partition coefficient (Wildman–Crippen LogP) is 1.42. The van der Waals surface area contributed by atoms with Gasteiger partial charge >= 0.3 is 0 Å². The van der Waals surface area contributed by atoms with Gasteiger partial charge in [0.1, 0.15) is 5.75 Å². The molecule has 0 saturated heterocycles. The van der Waals surface area contributed by atoms with Gasteiger partial charge in [0.05, 0.1) is 6.20 Å². The Bertz CT molecular complexity index is 339. The summed E-state index contributed by atoms with van der Waals surface area (Å²) >= 11 is 0. The summed E-state index contributed by atoms with van der Waals surface area (Å²) in [7, 11) is 1.88. The molecular weight excluding hydrogens is 289 g/mol. The number of hydrogen-bond acceptors (Lipinski definition) is 4. The quantitative estimate of drug-likeness (QED) is 0.748. The first-order valence-electron chi connectivity index (χ1n) is 5.73. The molecule has 1 heterocycles. The zero-order chi connectivity index (χ0) is 12.5. The summed E-state index contributed by atoms with van der Waals surface area (Å²) in [6.45, 7) is 3.26. The SMILES string of the molecule is CNCCCNC(=O)C(C)Oc1cccnc1.Cl.Cl. The van der Waals surface area contributed by atoms with Crippen LogP contribution in [-0.4, -0.2) is 37.1 Å². The number of hydrogen-bond donors (Lipinski definition) is 2. The largest absolute Gasteiger partial charge is 0.479 e. The van der Waals surface area contributed by atoms with Crippen molar-refractivity contribution < 1.29 is 9.53 Å². The molecule has 0 spiro atoms. The predicted molar refractivity (Wildman–Crippen MR) is 80.4 cm³/mol. The average molecular weight is 310 g/mol. The van der Waals surface area contributed by atoms with Crippen molar-refractivity contribution in [2.75, 3.05) is 20.1 Å². The topological polar surface area (TPSA) is 63.2 Å². The maximum Gasteiger partial charge on any atom is 0.260 e. The highest BCUT2D eigenvalue weighted by molar-refractivity contribution is 5.85. The van der Waals surface area contributed by atoms with Crippen LogP contribution in [0.15, 0.2) is 24.5 Å². The summed E-state index contributed by atoms with van der Waals surface area (Å²) in [5, 5.41) is 5.83. The minimum absolute atomic E-state index is 0. The van der Waals surface area contributed by atoms with E-state index in [1.165, 1.54) is 0 Å². The third kappa shape index (κ3) is 8.64. The molecule has 5 nitrogen and oxygen atoms in total. The van der Waals surface area contributed by atoms with Gasteiger partial charge in [-0.3, -0.25) is 9.78 Å². The van der Waals surface area contributed by atoms with E-state index in [2.05, 4.69) is 15.6 Å². The fraction of sp³-hybridized carbons (Fsp3) is 0.500. The molecule has 1 unspecified atom stereocenters. The molecule has 1 aromatic heterocycles. The molecule has 0 aliphatic heterocycles. The molecule has 2 N–H and O–H groups in total. The smallest absolute Gasteiger partial charge is 0.260 e. The zero-order valence-electron chi connectivity index (χ0n) is 11.1. The van der Waals surface area contributed by atoms with Gasteiger partial charge in [-0.25, -0.2) is 0 Å². The van der Waals surface area contributed by atoms with Gasteiger partial charge in [0.2, 0.25) is 0 Å². The van der Waals surface area contributed by atoms with E-state index in [1.54, 1.807) is 31.5 Å². The fourth-order valence-electron chi connectivity index (χ4n) is 1.29. The number of amides is 1. The van der Waals surface area contributed by atoms with Crippen LogP contribution in [0.2, 0.25) is 0 Å². The lowest BCUT2D eigenvalue weighted by molar-refractivity contribution is -0.127. The molecule has 1 amide bonds. The summed E-state index contributed by atoms with van der Waals surface area (Å²) in [4.78, 5) is 15.6. The van der Waals surface area contributed by atoms with Gasteiger partial charge in [0.25, 0.3) is 5.91 Å². The second-order valence-electron chi connectivity index (χ2n) is 3.70. The first-order chi connectivity index (χ1) is 8.24. The molecule has 0 bridgehead atoms. The Labute approximate surface area is 126 Å². The molecule has 1 aromatic rings. The number of pyridine rings is 1. The van der Waals surface area contributed by atoms with E-state index in [0.717, 1.165) is 13.0 Å². The highest BCUT2D eigenvalue weighted by Crippen LogP contribution is 2.08. The van der Waals surface area contributed by atoms with E-state index < -0.39 is 6.10 Å². The summed E-state index contributed by atoms with van der Waals surface area (Å²) in [6.07, 6.45) is 3.65. The number of ether oxygens (including phenoxy) is 1. The molecule has 0 aliphatic rings. The highest BCUT2D eigenvalue weighted by Gasteiger charge is 2.13. The molecule has 0 radical (unpaired) electrons. The summed E-state index contributed by atoms with van der Waals surface area (Å²) in [5.41, 5.74) is 0. The van der Waals surface area contributed by atoms with Crippen LogP contribution >= 0.6 is 24.8 Å². The minimum Gasteiger partial charge on any atom is -0.479 e. The van der Waals surface area contributed by atoms with Crippen LogP contribution in [0.3, 0.4) is 0 Å². The molecule has 0 saturated carbocycles. The van der Waals surface area contributed by atoms with Crippen molar-refractivity contribution >= 4 is 30.7 Å². The molecule has 1 atom stereocenters. The van der Waals surface area contributed by atoms with E-state index in [9.17, 15) is 4.79 Å². The van der Waals surface area contributed by atoms with Crippen LogP contribution in [0.4, 0.5) is 0 Å². The monoisotopic (exact) mass is 309 g/mol. The molecular formula is C12H21Cl2N3O2. The van der Waals surface area contributed by atoms with Crippen molar-refractivity contribution in [2.24, 2.45) is 0 Å². The Morgan fingerprint density at radius 3 is 2.74 bits per heavy atom. The Morgan fingerprint density at radius 2 is 2.16 bits per heavy atom. The van der Waals surface area contributed by atoms with Gasteiger partial charge in [-0.1, -0.05) is 0 Å². The van der Waals surface area contributed by atoms with Gasteiger partial charge in [-0.2, -0.15) is 0 Å². The lowest BCUT2D eigenvalue weighted by Gasteiger charge is -2.14. The van der Waals surface area contributed by atoms with Crippen LogP contribution in [0.25, 0.3) is 0 Å². The number of halogens is 2. The van der Waals surface area contributed by atoms with Crippen molar-refractivity contribution in [1.29, 1.82) is 0 Å². The Balaban J connectivity index is 0. The molecule has 0 aliphatic carbocycles. The standard InChI is InChI=1S/C12H19N3O2.2ClH/c1-10(12(16)15-8-4-6-13-2)17-11-5-3-7-14-9-11;;/h3,5,7,9-10,13H,4,6,8H2,1-2H3,(H,15,16);2*1H. The number of carbonyl (C=O) groups is 1. The number of nitrogens with one attached hydrogen (secondary N) is 2. The molecule has 0 aromatic carbocycles. The number of aromatic nitrogens is 1. The zero-order valence-corrected chi connectivity index (χ0v) is 12.7. The first kappa shape index (κ1) is 20.3. The third-order valence-corrected chi connectivity index (χ3v) is 2.22. The van der Waals surface area contributed by atoms with Crippen LogP contribution < -0.4 is 15.4 Å². The Morgan fingerprint density at radius 1 is 1.42 bits per heavy atom. The lowest BCUT2D eigenvalue weighted by Crippen LogP contribution is -2.37. The number of nitrogens with zero attached hydrogens (tertiary/aromatic N) is 1. The number of rotatable bonds is 7. The summed E-state index contributed by atoms with van der Waals surface area (Å²) in [6, 6.07) is 3.55. The van der Waals surface area contributed by atoms with E-state index in [4.69, 9.17) is 4.74 Å². The molecule has 19 heavy (non-hydrogen) atoms. The van der Waals surface area contributed by atoms with Gasteiger partial charge in [0.15, 0.2) is 6.10 Å². The highest BCUT2D eigenvalue weighted by atomic mass is 35.5. The van der Waals surface area contributed by atoms with Crippen molar-refractivity contribution in [2.45, 2.75) is 19.4 Å². The van der Waals surface area contributed by atoms with Crippen LogP contribution in [0.5, 0.6) is 5.75 Å². The van der Waals surface area contributed by atoms with Crippen molar-refractivity contribution in [3.63, 3.8) is 0 Å². The first-order valence-corrected chi connectivity index (χ1v) is 5.73. The van der Waals surface area contributed by atoms with Crippen molar-refractivity contribution in [3.8, 4) is 5.75 Å². The molecule has 110 valence electrons. The summed E-state index contributed by atoms with van der Waals surface area (Å²) in [5.74, 6) is 0.496. The van der Waals surface area contributed by atoms with Gasteiger partial charge in [0, 0.05) is 12.7 Å². The molecule has 0 fully saturated rings. The number of carbonyl (C=O) groups excluding carboxylic acids is 1. The second kappa shape index (κ2) is 12.0. The van der Waals surface area contributed by atoms with E-state index >= 15 is 0 Å². The van der Waals surface area contributed by atoms with E-state index in [-0.39, 0.29) is 30.7 Å². The normalized spacial score (nSPS) is 10.6. The van der Waals surface area contributed by atoms with Crippen LogP contribution in [0, 0.1) is 0 Å². The Kier molecular flexibility index (Phi) is 12.8. The molecule has 7 heteroatoms. The van der Waals surface area contributed by atoms with Gasteiger partial charge < -0.3 is 15.4 Å². The van der Waals surface area contributed by atoms with E-state index in [0.29, 0.717) is 12.3 Å². The minimum atomic E-state index is -0.506. The van der Waals surface area contributed by atoms with Crippen LogP contribution in [0.1, 0.15) is 13.3 Å². The van der Waals surface area contributed by atoms with Crippen molar-refractivity contribution in [3.05, 3.63) is 24.5 Å².